The van der Waals surface area contributed by atoms with Crippen LogP contribution in [-0.2, 0) is 0 Å². The van der Waals surface area contributed by atoms with E-state index in [1.165, 1.54) is 6.26 Å². The van der Waals surface area contributed by atoms with Crippen molar-refractivity contribution in [3.63, 3.8) is 0 Å². The first kappa shape index (κ1) is 12.2. The quantitative estimate of drug-likeness (QED) is 0.789. The van der Waals surface area contributed by atoms with Crippen molar-refractivity contribution in [3.05, 3.63) is 60.2 Å². The second-order valence-electron chi connectivity index (χ2n) is 4.37. The maximum atomic E-state index is 11.9. The molecule has 0 aliphatic heterocycles. The second-order valence-corrected chi connectivity index (χ2v) is 4.37. The molecule has 5 nitrogen and oxygen atoms in total. The van der Waals surface area contributed by atoms with Gasteiger partial charge in [0, 0.05) is 0 Å². The average molecular weight is 268 g/mol. The Morgan fingerprint density at radius 3 is 2.70 bits per heavy atom. The van der Waals surface area contributed by atoms with Gasteiger partial charge >= 0.3 is 0 Å². The lowest BCUT2D eigenvalue weighted by molar-refractivity contribution is 0.0993. The number of carbonyl (C=O) groups excluding carboxylic acids is 1. The SMILES string of the molecule is Cc1ccc(-c2cnoc2NC(=O)c2ccco2)cc1. The maximum Gasteiger partial charge on any atom is 0.293 e. The van der Waals surface area contributed by atoms with Crippen LogP contribution >= 0.6 is 0 Å². The molecule has 100 valence electrons. The number of nitrogens with zero attached hydrogens (tertiary/aromatic N) is 1. The van der Waals surface area contributed by atoms with Crippen LogP contribution in [0.3, 0.4) is 0 Å². The number of hydrogen-bond acceptors (Lipinski definition) is 4. The third-order valence-corrected chi connectivity index (χ3v) is 2.91. The summed E-state index contributed by atoms with van der Waals surface area (Å²) >= 11 is 0. The molecule has 0 fully saturated rings. The van der Waals surface area contributed by atoms with Crippen molar-refractivity contribution >= 4 is 11.8 Å². The van der Waals surface area contributed by atoms with Gasteiger partial charge in [-0.25, -0.2) is 0 Å². The van der Waals surface area contributed by atoms with Crippen LogP contribution in [0, 0.1) is 6.92 Å². The number of benzene rings is 1. The van der Waals surface area contributed by atoms with Crippen molar-refractivity contribution in [1.29, 1.82) is 0 Å². The third-order valence-electron chi connectivity index (χ3n) is 2.91. The van der Waals surface area contributed by atoms with Crippen LogP contribution in [0.5, 0.6) is 0 Å². The zero-order chi connectivity index (χ0) is 13.9. The van der Waals surface area contributed by atoms with E-state index in [4.69, 9.17) is 8.94 Å². The van der Waals surface area contributed by atoms with Gasteiger partial charge in [-0.05, 0) is 24.6 Å². The molecule has 5 heteroatoms. The molecular weight excluding hydrogens is 256 g/mol. The van der Waals surface area contributed by atoms with Crippen molar-refractivity contribution in [2.24, 2.45) is 0 Å². The number of furan rings is 1. The van der Waals surface area contributed by atoms with E-state index in [9.17, 15) is 4.79 Å². The van der Waals surface area contributed by atoms with Gasteiger partial charge in [0.25, 0.3) is 5.91 Å². The topological polar surface area (TPSA) is 68.3 Å². The van der Waals surface area contributed by atoms with Crippen LogP contribution in [0.4, 0.5) is 5.88 Å². The molecule has 0 aliphatic carbocycles. The zero-order valence-electron chi connectivity index (χ0n) is 10.8. The lowest BCUT2D eigenvalue weighted by Gasteiger charge is -2.03. The Bertz CT molecular complexity index is 712. The lowest BCUT2D eigenvalue weighted by atomic mass is 10.1. The van der Waals surface area contributed by atoms with E-state index < -0.39 is 0 Å². The molecule has 0 saturated heterocycles. The van der Waals surface area contributed by atoms with Gasteiger partial charge in [0.1, 0.15) is 0 Å². The molecule has 1 amide bonds. The summed E-state index contributed by atoms with van der Waals surface area (Å²) in [4.78, 5) is 11.9. The molecular formula is C15H12N2O3. The largest absolute Gasteiger partial charge is 0.459 e. The summed E-state index contributed by atoms with van der Waals surface area (Å²) < 4.78 is 10.1. The number of anilines is 1. The standard InChI is InChI=1S/C15H12N2O3/c1-10-4-6-11(7-5-10)12-9-16-20-15(12)17-14(18)13-3-2-8-19-13/h2-9H,1H3,(H,17,18). The Balaban J connectivity index is 1.87. The van der Waals surface area contributed by atoms with E-state index in [0.29, 0.717) is 5.88 Å². The molecule has 3 aromatic rings. The van der Waals surface area contributed by atoms with Crippen LogP contribution in [0.2, 0.25) is 0 Å². The van der Waals surface area contributed by atoms with E-state index in [1.807, 2.05) is 31.2 Å². The normalized spacial score (nSPS) is 10.4. The monoisotopic (exact) mass is 268 g/mol. The fourth-order valence-corrected chi connectivity index (χ4v) is 1.84. The van der Waals surface area contributed by atoms with Gasteiger partial charge in [0.05, 0.1) is 18.0 Å². The minimum atomic E-state index is -0.375. The molecule has 1 N–H and O–H groups in total. The van der Waals surface area contributed by atoms with E-state index in [0.717, 1.165) is 16.7 Å². The summed E-state index contributed by atoms with van der Waals surface area (Å²) in [7, 11) is 0. The van der Waals surface area contributed by atoms with Gasteiger partial charge in [-0.1, -0.05) is 35.0 Å². The van der Waals surface area contributed by atoms with Crippen molar-refractivity contribution < 1.29 is 13.7 Å². The van der Waals surface area contributed by atoms with Crippen molar-refractivity contribution in [3.8, 4) is 11.1 Å². The van der Waals surface area contributed by atoms with Gasteiger partial charge in [0.15, 0.2) is 5.76 Å². The van der Waals surface area contributed by atoms with E-state index >= 15 is 0 Å². The zero-order valence-corrected chi connectivity index (χ0v) is 10.8. The summed E-state index contributed by atoms with van der Waals surface area (Å²) in [5, 5.41) is 6.38. The van der Waals surface area contributed by atoms with Crippen molar-refractivity contribution in [2.75, 3.05) is 5.32 Å². The van der Waals surface area contributed by atoms with Gasteiger partial charge in [-0.15, -0.1) is 0 Å². The van der Waals surface area contributed by atoms with E-state index in [2.05, 4.69) is 10.5 Å². The Labute approximate surface area is 115 Å². The highest BCUT2D eigenvalue weighted by Gasteiger charge is 2.16. The lowest BCUT2D eigenvalue weighted by Crippen LogP contribution is -2.10. The van der Waals surface area contributed by atoms with Crippen LogP contribution < -0.4 is 5.32 Å². The van der Waals surface area contributed by atoms with Crippen LogP contribution in [0.1, 0.15) is 16.1 Å². The number of hydrogen-bond donors (Lipinski definition) is 1. The Morgan fingerprint density at radius 2 is 2.00 bits per heavy atom. The summed E-state index contributed by atoms with van der Waals surface area (Å²) in [5.41, 5.74) is 2.81. The number of aromatic nitrogens is 1. The number of amides is 1. The molecule has 3 rings (SSSR count). The number of nitrogens with one attached hydrogen (secondary N) is 1. The molecule has 0 atom stereocenters. The van der Waals surface area contributed by atoms with Crippen LogP contribution in [-0.4, -0.2) is 11.1 Å². The van der Waals surface area contributed by atoms with Crippen LogP contribution in [0.15, 0.2) is 57.8 Å². The third kappa shape index (κ3) is 2.33. The summed E-state index contributed by atoms with van der Waals surface area (Å²) in [6, 6.07) is 11.1. The molecule has 20 heavy (non-hydrogen) atoms. The first-order valence-corrected chi connectivity index (χ1v) is 6.10. The Hall–Kier alpha value is -2.82. The fourth-order valence-electron chi connectivity index (χ4n) is 1.84. The molecule has 2 aromatic heterocycles. The van der Waals surface area contributed by atoms with Gasteiger partial charge in [-0.3, -0.25) is 10.1 Å². The predicted octanol–water partition coefficient (Wildman–Crippen LogP) is 3.50. The average Bonchev–Trinajstić information content (AvgIpc) is 3.10. The summed E-state index contributed by atoms with van der Waals surface area (Å²) in [6.07, 6.45) is 3.01. The van der Waals surface area contributed by atoms with Crippen molar-refractivity contribution in [1.82, 2.24) is 5.16 Å². The highest BCUT2D eigenvalue weighted by Crippen LogP contribution is 2.28. The Morgan fingerprint density at radius 1 is 1.20 bits per heavy atom. The van der Waals surface area contributed by atoms with Crippen LogP contribution in [0.25, 0.3) is 11.1 Å². The summed E-state index contributed by atoms with van der Waals surface area (Å²) in [5.74, 6) is 0.145. The Kier molecular flexibility index (Phi) is 3.09. The van der Waals surface area contributed by atoms with Gasteiger partial charge in [-0.2, -0.15) is 0 Å². The molecule has 0 radical (unpaired) electrons. The van der Waals surface area contributed by atoms with Gasteiger partial charge in [0.2, 0.25) is 5.88 Å². The smallest absolute Gasteiger partial charge is 0.293 e. The molecule has 0 unspecified atom stereocenters. The maximum absolute atomic E-state index is 11.9. The van der Waals surface area contributed by atoms with E-state index in [1.54, 1.807) is 18.3 Å². The molecule has 0 aliphatic rings. The van der Waals surface area contributed by atoms with Crippen molar-refractivity contribution in [2.45, 2.75) is 6.92 Å². The predicted molar refractivity (Wildman–Crippen MR) is 73.3 cm³/mol. The first-order chi connectivity index (χ1) is 9.74. The van der Waals surface area contributed by atoms with E-state index in [-0.39, 0.29) is 11.7 Å². The highest BCUT2D eigenvalue weighted by atomic mass is 16.5. The number of aryl methyl sites for hydroxylation is 1. The highest BCUT2D eigenvalue weighted by molar-refractivity contribution is 6.03. The fraction of sp³-hybridized carbons (Fsp3) is 0.0667. The number of carbonyl (C=O) groups is 1. The first-order valence-electron chi connectivity index (χ1n) is 6.10. The minimum absolute atomic E-state index is 0.219. The molecule has 1 aromatic carbocycles. The molecule has 0 saturated carbocycles. The second kappa shape index (κ2) is 5.05. The molecule has 0 bridgehead atoms. The van der Waals surface area contributed by atoms with Gasteiger partial charge < -0.3 is 8.94 Å². The molecule has 0 spiro atoms. The number of rotatable bonds is 3. The minimum Gasteiger partial charge on any atom is -0.459 e. The molecule has 2 heterocycles. The summed E-state index contributed by atoms with van der Waals surface area (Å²) in [6.45, 7) is 2.01.